The minimum Gasteiger partial charge on any atom is -0.390 e. The van der Waals surface area contributed by atoms with Crippen molar-refractivity contribution in [3.05, 3.63) is 34.9 Å². The lowest BCUT2D eigenvalue weighted by molar-refractivity contribution is 0.0729. The van der Waals surface area contributed by atoms with Crippen LogP contribution < -0.4 is 0 Å². The van der Waals surface area contributed by atoms with Crippen molar-refractivity contribution in [1.82, 2.24) is 0 Å². The fourth-order valence-corrected chi connectivity index (χ4v) is 2.45. The number of rotatable bonds is 8. The van der Waals surface area contributed by atoms with Crippen LogP contribution >= 0.6 is 8.25 Å². The van der Waals surface area contributed by atoms with E-state index in [0.29, 0.717) is 12.0 Å². The normalized spacial score (nSPS) is 12.2. The number of hydrogen-bond donors (Lipinski definition) is 1. The van der Waals surface area contributed by atoms with Gasteiger partial charge in [-0.05, 0) is 36.5 Å². The Kier molecular flexibility index (Phi) is 7.56. The first-order valence-corrected chi connectivity index (χ1v) is 8.41. The maximum absolute atomic E-state index is 11.7. The van der Waals surface area contributed by atoms with Gasteiger partial charge in [0, 0.05) is 0 Å². The third-order valence-electron chi connectivity index (χ3n) is 3.27. The minimum atomic E-state index is -3.23. The summed E-state index contributed by atoms with van der Waals surface area (Å²) in [6.07, 6.45) is 6.51. The van der Waals surface area contributed by atoms with Crippen LogP contribution in [-0.2, 0) is 21.9 Å². The Morgan fingerprint density at radius 3 is 2.60 bits per heavy atom. The van der Waals surface area contributed by atoms with E-state index in [1.807, 2.05) is 19.1 Å². The zero-order chi connectivity index (χ0) is 15.0. The van der Waals surface area contributed by atoms with E-state index in [0.717, 1.165) is 18.4 Å². The van der Waals surface area contributed by atoms with E-state index in [-0.39, 0.29) is 0 Å². The predicted octanol–water partition coefficient (Wildman–Crippen LogP) is 3.91. The van der Waals surface area contributed by atoms with Gasteiger partial charge in [-0.15, -0.1) is 0 Å². The minimum absolute atomic E-state index is 0.386. The SMILES string of the molecule is CCCCCCc1ccc(C(=O)O[PH](=O)O)c(CC)c1. The average Bonchev–Trinajstić information content (AvgIpc) is 2.42. The van der Waals surface area contributed by atoms with Crippen molar-refractivity contribution in [2.24, 2.45) is 0 Å². The van der Waals surface area contributed by atoms with Crippen LogP contribution in [0.5, 0.6) is 0 Å². The molecule has 1 atom stereocenters. The molecule has 20 heavy (non-hydrogen) atoms. The summed E-state index contributed by atoms with van der Waals surface area (Å²) in [5.41, 5.74) is 2.45. The third-order valence-corrected chi connectivity index (χ3v) is 3.63. The van der Waals surface area contributed by atoms with E-state index in [4.69, 9.17) is 4.89 Å². The van der Waals surface area contributed by atoms with Gasteiger partial charge in [0.05, 0.1) is 5.56 Å². The first-order valence-electron chi connectivity index (χ1n) is 7.15. The second-order valence-electron chi connectivity index (χ2n) is 4.81. The van der Waals surface area contributed by atoms with Gasteiger partial charge in [0.1, 0.15) is 0 Å². The van der Waals surface area contributed by atoms with Gasteiger partial charge in [0.2, 0.25) is 0 Å². The summed E-state index contributed by atoms with van der Waals surface area (Å²) in [5, 5.41) is 0. The number of carbonyl (C=O) groups is 1. The lowest BCUT2D eigenvalue weighted by atomic mass is 9.98. The van der Waals surface area contributed by atoms with Crippen LogP contribution in [-0.4, -0.2) is 10.9 Å². The highest BCUT2D eigenvalue weighted by Gasteiger charge is 2.14. The molecular formula is C15H23O4P. The van der Waals surface area contributed by atoms with Crippen LogP contribution in [0.1, 0.15) is 61.0 Å². The van der Waals surface area contributed by atoms with Crippen LogP contribution in [0.2, 0.25) is 0 Å². The van der Waals surface area contributed by atoms with Gasteiger partial charge in [0.15, 0.2) is 0 Å². The lowest BCUT2D eigenvalue weighted by Gasteiger charge is -2.09. The van der Waals surface area contributed by atoms with Crippen LogP contribution in [0.25, 0.3) is 0 Å². The highest BCUT2D eigenvalue weighted by molar-refractivity contribution is 7.32. The smallest absolute Gasteiger partial charge is 0.367 e. The van der Waals surface area contributed by atoms with E-state index in [9.17, 15) is 9.36 Å². The molecule has 0 aliphatic rings. The summed E-state index contributed by atoms with van der Waals surface area (Å²) >= 11 is 0. The summed E-state index contributed by atoms with van der Waals surface area (Å²) in [6.45, 7) is 4.14. The first kappa shape index (κ1) is 16.9. The van der Waals surface area contributed by atoms with E-state index in [2.05, 4.69) is 11.4 Å². The Morgan fingerprint density at radius 1 is 1.25 bits per heavy atom. The predicted molar refractivity (Wildman–Crippen MR) is 80.3 cm³/mol. The molecule has 4 nitrogen and oxygen atoms in total. The quantitative estimate of drug-likeness (QED) is 0.584. The second kappa shape index (κ2) is 8.93. The Bertz CT molecular complexity index is 471. The van der Waals surface area contributed by atoms with Crippen molar-refractivity contribution < 1.29 is 18.8 Å². The Balaban J connectivity index is 2.74. The van der Waals surface area contributed by atoms with Gasteiger partial charge < -0.3 is 9.42 Å². The molecule has 5 heteroatoms. The number of carbonyl (C=O) groups excluding carboxylic acids is 1. The number of aryl methyl sites for hydroxylation is 2. The highest BCUT2D eigenvalue weighted by atomic mass is 31.1. The summed E-state index contributed by atoms with van der Waals surface area (Å²) in [4.78, 5) is 20.4. The maximum Gasteiger partial charge on any atom is 0.367 e. The molecule has 0 aliphatic heterocycles. The number of benzene rings is 1. The molecule has 0 aromatic heterocycles. The van der Waals surface area contributed by atoms with E-state index < -0.39 is 14.2 Å². The lowest BCUT2D eigenvalue weighted by Crippen LogP contribution is -2.05. The van der Waals surface area contributed by atoms with E-state index in [1.165, 1.54) is 24.8 Å². The molecule has 0 saturated heterocycles. The van der Waals surface area contributed by atoms with Gasteiger partial charge in [-0.3, -0.25) is 0 Å². The fourth-order valence-electron chi connectivity index (χ4n) is 2.18. The standard InChI is InChI=1S/C15H23O4P/c1-3-5-6-7-8-12-9-10-14(13(4-2)11-12)15(16)19-20(17)18/h9-11,20H,3-8H2,1-2H3,(H,17,18). The molecule has 0 amide bonds. The molecule has 0 heterocycles. The molecular weight excluding hydrogens is 275 g/mol. The van der Waals surface area contributed by atoms with Crippen molar-refractivity contribution in [3.8, 4) is 0 Å². The Morgan fingerprint density at radius 2 is 2.00 bits per heavy atom. The van der Waals surface area contributed by atoms with Gasteiger partial charge >= 0.3 is 14.2 Å². The monoisotopic (exact) mass is 298 g/mol. The molecule has 0 saturated carbocycles. The average molecular weight is 298 g/mol. The van der Waals surface area contributed by atoms with Crippen molar-refractivity contribution in [3.63, 3.8) is 0 Å². The molecule has 1 aromatic rings. The molecule has 1 N–H and O–H groups in total. The van der Waals surface area contributed by atoms with Crippen LogP contribution in [0.4, 0.5) is 0 Å². The van der Waals surface area contributed by atoms with Gasteiger partial charge in [-0.25, -0.2) is 9.36 Å². The summed E-state index contributed by atoms with van der Waals surface area (Å²) in [6, 6.07) is 5.59. The molecule has 112 valence electrons. The number of hydrogen-bond acceptors (Lipinski definition) is 3. The van der Waals surface area contributed by atoms with Gasteiger partial charge in [0.25, 0.3) is 0 Å². The Labute approximate surface area is 121 Å². The second-order valence-corrected chi connectivity index (χ2v) is 5.55. The van der Waals surface area contributed by atoms with Crippen molar-refractivity contribution in [2.45, 2.75) is 52.4 Å². The number of unbranched alkanes of at least 4 members (excludes halogenated alkanes) is 3. The molecule has 1 unspecified atom stereocenters. The molecule has 0 fully saturated rings. The summed E-state index contributed by atoms with van der Waals surface area (Å²) in [5.74, 6) is -0.717. The van der Waals surface area contributed by atoms with Crippen molar-refractivity contribution in [2.75, 3.05) is 0 Å². The highest BCUT2D eigenvalue weighted by Crippen LogP contribution is 2.22. The first-order chi connectivity index (χ1) is 9.58. The molecule has 0 radical (unpaired) electrons. The molecule has 0 bridgehead atoms. The van der Waals surface area contributed by atoms with Crippen molar-refractivity contribution in [1.29, 1.82) is 0 Å². The van der Waals surface area contributed by atoms with Gasteiger partial charge in [-0.1, -0.05) is 45.2 Å². The van der Waals surface area contributed by atoms with Crippen molar-refractivity contribution >= 4 is 14.2 Å². The summed E-state index contributed by atoms with van der Waals surface area (Å²) < 4.78 is 15.0. The zero-order valence-corrected chi connectivity index (χ0v) is 13.1. The molecule has 1 rings (SSSR count). The largest absolute Gasteiger partial charge is 0.390 e. The Hall–Kier alpha value is -1.12. The fraction of sp³-hybridized carbons (Fsp3) is 0.533. The van der Waals surface area contributed by atoms with E-state index in [1.54, 1.807) is 6.07 Å². The van der Waals surface area contributed by atoms with Crippen LogP contribution in [0.3, 0.4) is 0 Å². The zero-order valence-electron chi connectivity index (χ0n) is 12.1. The topological polar surface area (TPSA) is 63.6 Å². The van der Waals surface area contributed by atoms with Crippen LogP contribution in [0.15, 0.2) is 18.2 Å². The summed E-state index contributed by atoms with van der Waals surface area (Å²) in [7, 11) is -3.23. The maximum atomic E-state index is 11.7. The van der Waals surface area contributed by atoms with Gasteiger partial charge in [-0.2, -0.15) is 0 Å². The molecule has 0 spiro atoms. The van der Waals surface area contributed by atoms with Crippen LogP contribution in [0, 0.1) is 0 Å². The third kappa shape index (κ3) is 5.48. The van der Waals surface area contributed by atoms with E-state index >= 15 is 0 Å². The molecule has 1 aromatic carbocycles. The molecule has 0 aliphatic carbocycles.